The van der Waals surface area contributed by atoms with Gasteiger partial charge in [-0.25, -0.2) is 9.37 Å². The lowest BCUT2D eigenvalue weighted by Gasteiger charge is -2.29. The first-order valence-corrected chi connectivity index (χ1v) is 13.3. The maximum Gasteiger partial charge on any atom is 0.252 e. The number of fused-ring (bicyclic) bond motifs is 1. The number of rotatable bonds is 8. The fraction of sp³-hybridized carbons (Fsp3) is 0.290. The number of carbonyl (C=O) groups excluding carboxylic acids is 2. The number of nitrogens with one attached hydrogen (secondary N) is 2. The molecule has 1 saturated carbocycles. The van der Waals surface area contributed by atoms with E-state index in [0.717, 1.165) is 42.4 Å². The lowest BCUT2D eigenvalue weighted by Crippen LogP contribution is -2.34. The van der Waals surface area contributed by atoms with Gasteiger partial charge in [-0.2, -0.15) is 4.98 Å². The average molecular weight is 526 g/mol. The minimum atomic E-state index is -0.411. The molecular formula is C31H32FN5O2. The largest absolute Gasteiger partial charge is 0.362 e. The predicted molar refractivity (Wildman–Crippen MR) is 152 cm³/mol. The van der Waals surface area contributed by atoms with Crippen molar-refractivity contribution in [1.29, 1.82) is 0 Å². The first-order valence-electron chi connectivity index (χ1n) is 13.3. The SMILES string of the molecule is CN(C)c1nc(N[C@H]2CC[C@@H](CNC(=O)c3ccccc3C(=O)c3ccc(F)cc3)CC2)nc2ccccc12. The van der Waals surface area contributed by atoms with Gasteiger partial charge in [0.15, 0.2) is 5.78 Å². The Hall–Kier alpha value is -4.33. The highest BCUT2D eigenvalue weighted by molar-refractivity contribution is 6.15. The second-order valence-corrected chi connectivity index (χ2v) is 10.2. The Labute approximate surface area is 227 Å². The van der Waals surface area contributed by atoms with Crippen molar-refractivity contribution in [3.63, 3.8) is 0 Å². The minimum absolute atomic E-state index is 0.266. The van der Waals surface area contributed by atoms with Crippen LogP contribution in [0.25, 0.3) is 10.9 Å². The molecule has 1 aliphatic rings. The van der Waals surface area contributed by atoms with Crippen molar-refractivity contribution < 1.29 is 14.0 Å². The molecule has 39 heavy (non-hydrogen) atoms. The zero-order valence-corrected chi connectivity index (χ0v) is 22.2. The molecule has 1 aliphatic carbocycles. The van der Waals surface area contributed by atoms with Crippen molar-refractivity contribution in [2.24, 2.45) is 5.92 Å². The number of aromatic nitrogens is 2. The monoisotopic (exact) mass is 525 g/mol. The van der Waals surface area contributed by atoms with E-state index in [1.54, 1.807) is 24.3 Å². The van der Waals surface area contributed by atoms with Crippen LogP contribution in [0.4, 0.5) is 16.2 Å². The molecule has 200 valence electrons. The van der Waals surface area contributed by atoms with Gasteiger partial charge in [0.2, 0.25) is 5.95 Å². The summed E-state index contributed by atoms with van der Waals surface area (Å²) in [5.74, 6) is 0.879. The molecular weight excluding hydrogens is 493 g/mol. The maximum atomic E-state index is 13.3. The molecule has 1 fully saturated rings. The van der Waals surface area contributed by atoms with Crippen LogP contribution in [0.2, 0.25) is 0 Å². The van der Waals surface area contributed by atoms with Crippen molar-refractivity contribution in [3.05, 3.63) is 95.3 Å². The van der Waals surface area contributed by atoms with Crippen molar-refractivity contribution >= 4 is 34.4 Å². The molecule has 3 aromatic carbocycles. The second kappa shape index (κ2) is 11.6. The van der Waals surface area contributed by atoms with Crippen LogP contribution in [0.3, 0.4) is 0 Å². The molecule has 0 spiro atoms. The number of carbonyl (C=O) groups is 2. The number of ketones is 1. The van der Waals surface area contributed by atoms with Gasteiger partial charge in [-0.15, -0.1) is 0 Å². The Morgan fingerprint density at radius 1 is 0.872 bits per heavy atom. The molecule has 0 saturated heterocycles. The number of benzene rings is 3. The number of hydrogen-bond acceptors (Lipinski definition) is 6. The van der Waals surface area contributed by atoms with Gasteiger partial charge in [0, 0.05) is 43.2 Å². The van der Waals surface area contributed by atoms with Gasteiger partial charge in [-0.1, -0.05) is 30.3 Å². The van der Waals surface area contributed by atoms with Gasteiger partial charge in [0.05, 0.1) is 11.1 Å². The van der Waals surface area contributed by atoms with Crippen molar-refractivity contribution in [3.8, 4) is 0 Å². The Morgan fingerprint density at radius 3 is 2.26 bits per heavy atom. The highest BCUT2D eigenvalue weighted by Gasteiger charge is 2.24. The van der Waals surface area contributed by atoms with Crippen LogP contribution in [0.1, 0.15) is 52.0 Å². The Kier molecular flexibility index (Phi) is 7.81. The molecule has 1 heterocycles. The van der Waals surface area contributed by atoms with Gasteiger partial charge < -0.3 is 15.5 Å². The number of nitrogens with zero attached hydrogens (tertiary/aromatic N) is 3. The molecule has 0 bridgehead atoms. The van der Waals surface area contributed by atoms with Crippen LogP contribution >= 0.6 is 0 Å². The van der Waals surface area contributed by atoms with Crippen LogP contribution in [0, 0.1) is 11.7 Å². The Balaban J connectivity index is 1.17. The molecule has 1 aromatic heterocycles. The summed E-state index contributed by atoms with van der Waals surface area (Å²) in [5, 5.41) is 7.57. The number of para-hydroxylation sites is 1. The summed E-state index contributed by atoms with van der Waals surface area (Å²) in [6, 6.07) is 20.4. The second-order valence-electron chi connectivity index (χ2n) is 10.2. The van der Waals surface area contributed by atoms with Gasteiger partial charge in [0.1, 0.15) is 11.6 Å². The lowest BCUT2D eigenvalue weighted by molar-refractivity contribution is 0.0932. The van der Waals surface area contributed by atoms with Crippen molar-refractivity contribution in [2.45, 2.75) is 31.7 Å². The van der Waals surface area contributed by atoms with Gasteiger partial charge >= 0.3 is 0 Å². The van der Waals surface area contributed by atoms with E-state index in [1.807, 2.05) is 43.3 Å². The molecule has 0 atom stereocenters. The molecule has 5 rings (SSSR count). The topological polar surface area (TPSA) is 87.2 Å². The van der Waals surface area contributed by atoms with Crippen LogP contribution in [-0.2, 0) is 0 Å². The smallest absolute Gasteiger partial charge is 0.252 e. The summed E-state index contributed by atoms with van der Waals surface area (Å²) < 4.78 is 13.3. The van der Waals surface area contributed by atoms with E-state index in [2.05, 4.69) is 10.6 Å². The van der Waals surface area contributed by atoms with Gasteiger partial charge in [-0.05, 0) is 74.1 Å². The third kappa shape index (κ3) is 6.06. The van der Waals surface area contributed by atoms with E-state index < -0.39 is 5.82 Å². The molecule has 1 amide bonds. The standard InChI is InChI=1S/C31H32FN5O2/c1-37(2)29-26-9-5-6-10-27(26)35-31(36-29)34-23-17-11-20(12-18-23)19-33-30(39)25-8-4-3-7-24(25)28(38)21-13-15-22(32)16-14-21/h3-10,13-16,20,23H,11-12,17-19H2,1-2H3,(H,33,39)(H,34,35,36)/t20-,23+. The normalized spacial score (nSPS) is 17.0. The quantitative estimate of drug-likeness (QED) is 0.297. The summed E-state index contributed by atoms with van der Waals surface area (Å²) in [4.78, 5) is 37.5. The number of amides is 1. The summed E-state index contributed by atoms with van der Waals surface area (Å²) in [6.45, 7) is 0.544. The Morgan fingerprint density at radius 2 is 1.54 bits per heavy atom. The number of anilines is 2. The Bertz CT molecular complexity index is 1480. The lowest BCUT2D eigenvalue weighted by atomic mass is 9.86. The predicted octanol–water partition coefficient (Wildman–Crippen LogP) is 5.47. The average Bonchev–Trinajstić information content (AvgIpc) is 2.96. The van der Waals surface area contributed by atoms with E-state index in [-0.39, 0.29) is 17.7 Å². The van der Waals surface area contributed by atoms with Crippen LogP contribution in [0.15, 0.2) is 72.8 Å². The van der Waals surface area contributed by atoms with Crippen molar-refractivity contribution in [2.75, 3.05) is 30.9 Å². The molecule has 2 N–H and O–H groups in total. The summed E-state index contributed by atoms with van der Waals surface area (Å²) in [5.41, 5.74) is 1.89. The summed E-state index contributed by atoms with van der Waals surface area (Å²) >= 11 is 0. The van der Waals surface area contributed by atoms with Crippen LogP contribution in [0.5, 0.6) is 0 Å². The van der Waals surface area contributed by atoms with Gasteiger partial charge in [0.25, 0.3) is 5.91 Å². The molecule has 0 unspecified atom stereocenters. The maximum absolute atomic E-state index is 13.3. The third-order valence-electron chi connectivity index (χ3n) is 7.26. The van der Waals surface area contributed by atoms with E-state index in [4.69, 9.17) is 9.97 Å². The summed E-state index contributed by atoms with van der Waals surface area (Å²) in [6.07, 6.45) is 3.83. The van der Waals surface area contributed by atoms with E-state index >= 15 is 0 Å². The zero-order valence-electron chi connectivity index (χ0n) is 22.2. The highest BCUT2D eigenvalue weighted by Crippen LogP contribution is 2.28. The van der Waals surface area contributed by atoms with Crippen LogP contribution < -0.4 is 15.5 Å². The van der Waals surface area contributed by atoms with Crippen LogP contribution in [-0.4, -0.2) is 48.3 Å². The molecule has 8 heteroatoms. The summed E-state index contributed by atoms with van der Waals surface area (Å²) in [7, 11) is 3.96. The molecule has 0 radical (unpaired) electrons. The highest BCUT2D eigenvalue weighted by atomic mass is 19.1. The van der Waals surface area contributed by atoms with Gasteiger partial charge in [-0.3, -0.25) is 9.59 Å². The van der Waals surface area contributed by atoms with Crippen molar-refractivity contribution in [1.82, 2.24) is 15.3 Å². The van der Waals surface area contributed by atoms with E-state index in [1.165, 1.54) is 24.3 Å². The van der Waals surface area contributed by atoms with E-state index in [0.29, 0.717) is 35.1 Å². The number of hydrogen-bond donors (Lipinski definition) is 2. The first kappa shape index (κ1) is 26.3. The fourth-order valence-corrected chi connectivity index (χ4v) is 5.13. The van der Waals surface area contributed by atoms with E-state index in [9.17, 15) is 14.0 Å². The minimum Gasteiger partial charge on any atom is -0.362 e. The third-order valence-corrected chi connectivity index (χ3v) is 7.26. The molecule has 7 nitrogen and oxygen atoms in total. The first-order chi connectivity index (χ1) is 18.9. The zero-order chi connectivity index (χ0) is 27.4. The number of halogens is 1. The fourth-order valence-electron chi connectivity index (χ4n) is 5.13. The molecule has 0 aliphatic heterocycles. The molecule has 4 aromatic rings.